The second-order valence-electron chi connectivity index (χ2n) is 3.73. The van der Waals surface area contributed by atoms with Crippen molar-refractivity contribution < 1.29 is 4.79 Å². The third-order valence-corrected chi connectivity index (χ3v) is 2.23. The Balaban J connectivity index is 3.33. The van der Waals surface area contributed by atoms with Crippen molar-refractivity contribution in [2.24, 2.45) is 0 Å². The van der Waals surface area contributed by atoms with Crippen LogP contribution in [0.4, 0.5) is 0 Å². The Hall–Kier alpha value is -0.570. The van der Waals surface area contributed by atoms with Crippen LogP contribution in [0.1, 0.15) is 46.5 Å². The molecule has 0 bridgehead atoms. The summed E-state index contributed by atoms with van der Waals surface area (Å²) in [5.74, 6) is 0.0924. The first-order valence-electron chi connectivity index (χ1n) is 5.70. The van der Waals surface area contributed by atoms with Crippen LogP contribution in [-0.2, 0) is 4.79 Å². The van der Waals surface area contributed by atoms with Gasteiger partial charge < -0.3 is 10.6 Å². The number of likely N-dealkylation sites (N-methyl/N-ethyl adjacent to an activating group) is 1. The van der Waals surface area contributed by atoms with Crippen molar-refractivity contribution in [3.63, 3.8) is 0 Å². The molecule has 1 amide bonds. The quantitative estimate of drug-likeness (QED) is 0.585. The lowest BCUT2D eigenvalue weighted by Crippen LogP contribution is -2.37. The van der Waals surface area contributed by atoms with Crippen LogP contribution in [0.5, 0.6) is 0 Å². The molecule has 1 atom stereocenters. The molecule has 0 aromatic carbocycles. The largest absolute Gasteiger partial charge is 0.355 e. The molecule has 0 radical (unpaired) electrons. The number of rotatable bonds is 8. The summed E-state index contributed by atoms with van der Waals surface area (Å²) in [6.45, 7) is 7.43. The molecule has 1 unspecified atom stereocenters. The molecule has 0 rings (SSSR count). The molecular formula is C11H24N2O. The van der Waals surface area contributed by atoms with Gasteiger partial charge in [-0.1, -0.05) is 26.2 Å². The number of carbonyl (C=O) groups excluding carboxylic acids is 1. The van der Waals surface area contributed by atoms with Crippen LogP contribution >= 0.6 is 0 Å². The maximum Gasteiger partial charge on any atom is 0.233 e. The standard InChI is InChI=1S/C11H24N2O/c1-4-6-7-8-10(3)13-9-11(14)12-5-2/h10,13H,4-9H2,1-3H3,(H,12,14). The minimum absolute atomic E-state index is 0.0924. The second-order valence-corrected chi connectivity index (χ2v) is 3.73. The Labute approximate surface area is 87.6 Å². The highest BCUT2D eigenvalue weighted by Crippen LogP contribution is 2.02. The van der Waals surface area contributed by atoms with E-state index < -0.39 is 0 Å². The molecule has 3 nitrogen and oxygen atoms in total. The maximum absolute atomic E-state index is 11.1. The van der Waals surface area contributed by atoms with Gasteiger partial charge in [0.1, 0.15) is 0 Å². The highest BCUT2D eigenvalue weighted by atomic mass is 16.1. The summed E-state index contributed by atoms with van der Waals surface area (Å²) in [6, 6.07) is 0.448. The van der Waals surface area contributed by atoms with Crippen molar-refractivity contribution in [3.05, 3.63) is 0 Å². The van der Waals surface area contributed by atoms with E-state index in [4.69, 9.17) is 0 Å². The molecule has 0 aliphatic carbocycles. The van der Waals surface area contributed by atoms with Crippen LogP contribution < -0.4 is 10.6 Å². The van der Waals surface area contributed by atoms with Crippen molar-refractivity contribution in [3.8, 4) is 0 Å². The first-order chi connectivity index (χ1) is 6.70. The summed E-state index contributed by atoms with van der Waals surface area (Å²) in [5, 5.41) is 5.98. The van der Waals surface area contributed by atoms with Gasteiger partial charge >= 0.3 is 0 Å². The Kier molecular flexibility index (Phi) is 8.64. The van der Waals surface area contributed by atoms with E-state index in [1.54, 1.807) is 0 Å². The minimum atomic E-state index is 0.0924. The third kappa shape index (κ3) is 8.05. The van der Waals surface area contributed by atoms with Crippen LogP contribution in [0, 0.1) is 0 Å². The molecule has 0 saturated carbocycles. The smallest absolute Gasteiger partial charge is 0.233 e. The topological polar surface area (TPSA) is 41.1 Å². The number of nitrogens with one attached hydrogen (secondary N) is 2. The first kappa shape index (κ1) is 13.4. The van der Waals surface area contributed by atoms with Gasteiger partial charge in [-0.25, -0.2) is 0 Å². The molecule has 14 heavy (non-hydrogen) atoms. The Bertz CT molecular complexity index is 148. The maximum atomic E-state index is 11.1. The van der Waals surface area contributed by atoms with Crippen LogP contribution in [-0.4, -0.2) is 25.0 Å². The zero-order chi connectivity index (χ0) is 10.8. The van der Waals surface area contributed by atoms with Crippen LogP contribution in [0.25, 0.3) is 0 Å². The van der Waals surface area contributed by atoms with Gasteiger partial charge in [0.25, 0.3) is 0 Å². The van der Waals surface area contributed by atoms with Crippen LogP contribution in [0.3, 0.4) is 0 Å². The van der Waals surface area contributed by atoms with Gasteiger partial charge in [-0.05, 0) is 20.3 Å². The average molecular weight is 200 g/mol. The van der Waals surface area contributed by atoms with Gasteiger partial charge in [-0.15, -0.1) is 0 Å². The minimum Gasteiger partial charge on any atom is -0.355 e. The first-order valence-corrected chi connectivity index (χ1v) is 5.70. The lowest BCUT2D eigenvalue weighted by atomic mass is 10.1. The van der Waals surface area contributed by atoms with Crippen LogP contribution in [0.2, 0.25) is 0 Å². The van der Waals surface area contributed by atoms with E-state index in [9.17, 15) is 4.79 Å². The lowest BCUT2D eigenvalue weighted by molar-refractivity contribution is -0.120. The average Bonchev–Trinajstić information content (AvgIpc) is 2.16. The van der Waals surface area contributed by atoms with Gasteiger partial charge in [0.05, 0.1) is 6.54 Å². The van der Waals surface area contributed by atoms with E-state index in [2.05, 4.69) is 24.5 Å². The van der Waals surface area contributed by atoms with Gasteiger partial charge in [0.2, 0.25) is 5.91 Å². The summed E-state index contributed by atoms with van der Waals surface area (Å²) < 4.78 is 0. The van der Waals surface area contributed by atoms with E-state index in [-0.39, 0.29) is 5.91 Å². The predicted molar refractivity (Wildman–Crippen MR) is 60.3 cm³/mol. The van der Waals surface area contributed by atoms with E-state index >= 15 is 0 Å². The molecule has 0 spiro atoms. The number of hydrogen-bond donors (Lipinski definition) is 2. The molecule has 0 aliphatic rings. The SMILES string of the molecule is CCCCCC(C)NCC(=O)NCC. The zero-order valence-corrected chi connectivity index (χ0v) is 9.73. The van der Waals surface area contributed by atoms with Gasteiger partial charge in [0.15, 0.2) is 0 Å². The van der Waals surface area contributed by atoms with Crippen molar-refractivity contribution >= 4 is 5.91 Å². The fraction of sp³-hybridized carbons (Fsp3) is 0.909. The highest BCUT2D eigenvalue weighted by Gasteiger charge is 2.03. The van der Waals surface area contributed by atoms with E-state index in [0.717, 1.165) is 6.42 Å². The Morgan fingerprint density at radius 2 is 2.00 bits per heavy atom. The van der Waals surface area contributed by atoms with Gasteiger partial charge in [0, 0.05) is 12.6 Å². The summed E-state index contributed by atoms with van der Waals surface area (Å²) in [5.41, 5.74) is 0. The summed E-state index contributed by atoms with van der Waals surface area (Å²) in [6.07, 6.45) is 4.95. The van der Waals surface area contributed by atoms with Crippen molar-refractivity contribution in [2.45, 2.75) is 52.5 Å². The second kappa shape index (κ2) is 9.00. The van der Waals surface area contributed by atoms with E-state index in [1.165, 1.54) is 19.3 Å². The number of carbonyl (C=O) groups is 1. The van der Waals surface area contributed by atoms with Gasteiger partial charge in [-0.3, -0.25) is 4.79 Å². The Morgan fingerprint density at radius 3 is 2.57 bits per heavy atom. The molecular weight excluding hydrogens is 176 g/mol. The highest BCUT2D eigenvalue weighted by molar-refractivity contribution is 5.77. The molecule has 0 saturated heterocycles. The molecule has 0 aromatic rings. The summed E-state index contributed by atoms with van der Waals surface area (Å²) in [7, 11) is 0. The number of unbranched alkanes of at least 4 members (excludes halogenated alkanes) is 2. The Morgan fingerprint density at radius 1 is 1.29 bits per heavy atom. The van der Waals surface area contributed by atoms with Crippen molar-refractivity contribution in [1.29, 1.82) is 0 Å². The lowest BCUT2D eigenvalue weighted by Gasteiger charge is -2.12. The van der Waals surface area contributed by atoms with Gasteiger partial charge in [-0.2, -0.15) is 0 Å². The molecule has 84 valence electrons. The molecule has 0 fully saturated rings. The summed E-state index contributed by atoms with van der Waals surface area (Å²) >= 11 is 0. The van der Waals surface area contributed by atoms with Crippen LogP contribution in [0.15, 0.2) is 0 Å². The summed E-state index contributed by atoms with van der Waals surface area (Å²) in [4.78, 5) is 11.1. The number of amides is 1. The predicted octanol–water partition coefficient (Wildman–Crippen LogP) is 1.68. The fourth-order valence-electron chi connectivity index (χ4n) is 1.33. The third-order valence-electron chi connectivity index (χ3n) is 2.23. The van der Waals surface area contributed by atoms with E-state index in [1.807, 2.05) is 6.92 Å². The fourth-order valence-corrected chi connectivity index (χ4v) is 1.33. The normalized spacial score (nSPS) is 12.5. The molecule has 0 aromatic heterocycles. The number of hydrogen-bond acceptors (Lipinski definition) is 2. The molecule has 3 heteroatoms. The van der Waals surface area contributed by atoms with E-state index in [0.29, 0.717) is 19.1 Å². The van der Waals surface area contributed by atoms with Crippen molar-refractivity contribution in [1.82, 2.24) is 10.6 Å². The zero-order valence-electron chi connectivity index (χ0n) is 9.73. The molecule has 0 heterocycles. The molecule has 2 N–H and O–H groups in total. The molecule has 0 aliphatic heterocycles. The van der Waals surface area contributed by atoms with Crippen molar-refractivity contribution in [2.75, 3.05) is 13.1 Å². The monoisotopic (exact) mass is 200 g/mol.